The molecular weight excluding hydrogens is 373 g/mol. The summed E-state index contributed by atoms with van der Waals surface area (Å²) in [6.07, 6.45) is -1.49. The van der Waals surface area contributed by atoms with E-state index in [9.17, 15) is 17.7 Å². The van der Waals surface area contributed by atoms with E-state index in [1.54, 1.807) is 6.92 Å². The molecule has 9 heteroatoms. The maximum Gasteiger partial charge on any atom is 0.302 e. The van der Waals surface area contributed by atoms with E-state index >= 15 is 0 Å². The Hall–Kier alpha value is -1.84. The van der Waals surface area contributed by atoms with Crippen molar-refractivity contribution in [1.82, 2.24) is 4.98 Å². The lowest BCUT2D eigenvalue weighted by molar-refractivity contribution is 0.159. The summed E-state index contributed by atoms with van der Waals surface area (Å²) in [5, 5.41) is 4.07. The number of nitrogens with zero attached hydrogens (tertiary/aromatic N) is 2. The van der Waals surface area contributed by atoms with Gasteiger partial charge in [0.25, 0.3) is 0 Å². The number of hydrogen-bond donors (Lipinski definition) is 0. The molecule has 0 aliphatic heterocycles. The molecule has 134 valence electrons. The van der Waals surface area contributed by atoms with E-state index in [1.165, 1.54) is 6.20 Å². The van der Waals surface area contributed by atoms with Crippen LogP contribution in [-0.4, -0.2) is 27.6 Å². The van der Waals surface area contributed by atoms with E-state index in [2.05, 4.69) is 10.1 Å². The Bertz CT molecular complexity index is 747. The zero-order valence-electron chi connectivity index (χ0n) is 13.2. The molecule has 0 N–H and O–H groups in total. The van der Waals surface area contributed by atoms with Gasteiger partial charge in [-0.25, -0.2) is 4.39 Å². The van der Waals surface area contributed by atoms with Crippen LogP contribution in [0.5, 0.6) is 0 Å². The van der Waals surface area contributed by atoms with E-state index in [1.807, 2.05) is 30.3 Å². The third kappa shape index (κ3) is 5.58. The first-order chi connectivity index (χ1) is 12.0. The molecule has 0 bridgehead atoms. The Balaban J connectivity index is 2.18. The normalized spacial score (nSPS) is 12.8. The van der Waals surface area contributed by atoms with Gasteiger partial charge in [0, 0.05) is 16.7 Å². The van der Waals surface area contributed by atoms with Crippen molar-refractivity contribution in [3.63, 3.8) is 0 Å². The summed E-state index contributed by atoms with van der Waals surface area (Å²) in [7, 11) is 0. The van der Waals surface area contributed by atoms with Gasteiger partial charge in [-0.2, -0.15) is 13.8 Å². The second-order valence-electron chi connectivity index (χ2n) is 4.68. The van der Waals surface area contributed by atoms with Crippen LogP contribution in [0, 0.1) is 0 Å². The fourth-order valence-corrected chi connectivity index (χ4v) is 4.05. The predicted molar refractivity (Wildman–Crippen MR) is 92.1 cm³/mol. The minimum atomic E-state index is -2.38. The first-order valence-corrected chi connectivity index (χ1v) is 9.46. The highest BCUT2D eigenvalue weighted by Crippen LogP contribution is 2.24. The number of benzene rings is 1. The summed E-state index contributed by atoms with van der Waals surface area (Å²) >= 11 is -0.568. The van der Waals surface area contributed by atoms with Crippen LogP contribution in [0.4, 0.5) is 13.2 Å². The van der Waals surface area contributed by atoms with Crippen LogP contribution in [0.2, 0.25) is 0 Å². The van der Waals surface area contributed by atoms with Crippen LogP contribution in [0.1, 0.15) is 23.8 Å². The Morgan fingerprint density at radius 2 is 2.00 bits per heavy atom. The van der Waals surface area contributed by atoms with Crippen LogP contribution in [0.15, 0.2) is 57.9 Å². The quantitative estimate of drug-likeness (QED) is 0.380. The molecule has 1 aromatic carbocycles. The lowest BCUT2D eigenvalue weighted by atomic mass is 10.1. The molecule has 0 saturated carbocycles. The largest absolute Gasteiger partial charge is 0.610 e. The first kappa shape index (κ1) is 19.5. The van der Waals surface area contributed by atoms with Crippen LogP contribution in [0.25, 0.3) is 0 Å². The maximum atomic E-state index is 12.8. The number of halogens is 3. The molecule has 0 fully saturated rings. The van der Waals surface area contributed by atoms with Gasteiger partial charge in [-0.05, 0) is 6.92 Å². The molecule has 1 heterocycles. The number of allylic oxidation sites excluding steroid dienone is 1. The van der Waals surface area contributed by atoms with Crippen molar-refractivity contribution in [3.8, 4) is 0 Å². The van der Waals surface area contributed by atoms with E-state index in [0.717, 1.165) is 16.9 Å². The summed E-state index contributed by atoms with van der Waals surface area (Å²) in [5.74, 6) is -1.81. The predicted octanol–water partition coefficient (Wildman–Crippen LogP) is 4.51. The fraction of sp³-hybridized carbons (Fsp3) is 0.250. The van der Waals surface area contributed by atoms with Gasteiger partial charge in [0.2, 0.25) is 0 Å². The molecule has 1 aromatic heterocycles. The summed E-state index contributed by atoms with van der Waals surface area (Å²) in [6, 6.07) is 9.24. The summed E-state index contributed by atoms with van der Waals surface area (Å²) in [5.41, 5.74) is 1.33. The molecule has 25 heavy (non-hydrogen) atoms. The second kappa shape index (κ2) is 9.59. The van der Waals surface area contributed by atoms with Crippen molar-refractivity contribution in [1.29, 1.82) is 0 Å². The molecule has 2 rings (SSSR count). The standard InChI is InChI=1S/C16H15F3N2O2S2/c1-2-23-21-14(11-6-4-3-5-7-11)13-10-20-16(24-13)25(22)9-8-12(17)15(18)19/h3-7,10H,2,8-9H2,1H3/b21-14+. The van der Waals surface area contributed by atoms with Crippen molar-refractivity contribution >= 4 is 28.2 Å². The van der Waals surface area contributed by atoms with E-state index in [-0.39, 0.29) is 10.1 Å². The molecule has 1 unspecified atom stereocenters. The zero-order chi connectivity index (χ0) is 18.2. The van der Waals surface area contributed by atoms with Gasteiger partial charge in [-0.3, -0.25) is 0 Å². The minimum Gasteiger partial charge on any atom is -0.610 e. The van der Waals surface area contributed by atoms with Gasteiger partial charge in [0.05, 0.1) is 17.5 Å². The van der Waals surface area contributed by atoms with Crippen LogP contribution < -0.4 is 0 Å². The summed E-state index contributed by atoms with van der Waals surface area (Å²) in [6.45, 7) is 2.18. The maximum absolute atomic E-state index is 12.8. The third-order valence-electron chi connectivity index (χ3n) is 2.96. The number of hydrogen-bond acceptors (Lipinski definition) is 5. The van der Waals surface area contributed by atoms with Gasteiger partial charge < -0.3 is 9.39 Å². The number of aromatic nitrogens is 1. The van der Waals surface area contributed by atoms with Crippen LogP contribution in [0.3, 0.4) is 0 Å². The third-order valence-corrected chi connectivity index (χ3v) is 5.63. The van der Waals surface area contributed by atoms with Crippen molar-refractivity contribution in [2.45, 2.75) is 17.7 Å². The molecule has 2 aromatic rings. The molecule has 1 atom stereocenters. The summed E-state index contributed by atoms with van der Waals surface area (Å²) < 4.78 is 49.3. The molecule has 0 aliphatic rings. The Morgan fingerprint density at radius 1 is 1.28 bits per heavy atom. The number of oxime groups is 1. The van der Waals surface area contributed by atoms with Gasteiger partial charge >= 0.3 is 10.4 Å². The van der Waals surface area contributed by atoms with Crippen molar-refractivity contribution in [2.24, 2.45) is 5.16 Å². The summed E-state index contributed by atoms with van der Waals surface area (Å²) in [4.78, 5) is 9.80. The number of rotatable bonds is 8. The molecule has 4 nitrogen and oxygen atoms in total. The van der Waals surface area contributed by atoms with Crippen molar-refractivity contribution < 1.29 is 22.6 Å². The molecular formula is C16H15F3N2O2S2. The average molecular weight is 388 g/mol. The SMILES string of the molecule is CCO/N=C(\c1ccccc1)c1cnc([S+]([O-])CCC(F)=C(F)F)s1. The molecule has 0 spiro atoms. The lowest BCUT2D eigenvalue weighted by Gasteiger charge is -2.05. The lowest BCUT2D eigenvalue weighted by Crippen LogP contribution is -2.06. The van der Waals surface area contributed by atoms with E-state index in [4.69, 9.17) is 4.84 Å². The topological polar surface area (TPSA) is 57.5 Å². The molecule has 0 aliphatic carbocycles. The molecule has 0 amide bonds. The highest BCUT2D eigenvalue weighted by Gasteiger charge is 2.21. The minimum absolute atomic E-state index is 0.224. The van der Waals surface area contributed by atoms with Gasteiger partial charge in [0.15, 0.2) is 5.83 Å². The van der Waals surface area contributed by atoms with Crippen molar-refractivity contribution in [3.05, 3.63) is 58.9 Å². The fourth-order valence-electron chi connectivity index (χ4n) is 1.80. The monoisotopic (exact) mass is 388 g/mol. The highest BCUT2D eigenvalue weighted by molar-refractivity contribution is 7.93. The zero-order valence-corrected chi connectivity index (χ0v) is 14.9. The Kier molecular flexibility index (Phi) is 7.48. The van der Waals surface area contributed by atoms with E-state index < -0.39 is 29.5 Å². The second-order valence-corrected chi connectivity index (χ2v) is 7.45. The van der Waals surface area contributed by atoms with Crippen molar-refractivity contribution in [2.75, 3.05) is 12.4 Å². The smallest absolute Gasteiger partial charge is 0.302 e. The Labute approximate surface area is 150 Å². The van der Waals surface area contributed by atoms with Gasteiger partial charge in [-0.1, -0.05) is 46.8 Å². The Morgan fingerprint density at radius 3 is 2.64 bits per heavy atom. The van der Waals surface area contributed by atoms with Crippen LogP contribution in [-0.2, 0) is 16.0 Å². The average Bonchev–Trinajstić information content (AvgIpc) is 3.10. The molecule has 0 saturated heterocycles. The molecule has 0 radical (unpaired) electrons. The van der Waals surface area contributed by atoms with Crippen LogP contribution >= 0.6 is 11.3 Å². The van der Waals surface area contributed by atoms with Gasteiger partial charge in [0.1, 0.15) is 18.1 Å². The van der Waals surface area contributed by atoms with Gasteiger partial charge in [-0.15, -0.1) is 0 Å². The first-order valence-electron chi connectivity index (χ1n) is 7.32. The van der Waals surface area contributed by atoms with E-state index in [0.29, 0.717) is 17.2 Å². The highest BCUT2D eigenvalue weighted by atomic mass is 32.2. The number of thiazole rings is 1.